The van der Waals surface area contributed by atoms with Gasteiger partial charge in [0.05, 0.1) is 20.8 Å². The minimum absolute atomic E-state index is 0.195. The minimum Gasteiger partial charge on any atom is -0.476 e. The van der Waals surface area contributed by atoms with Crippen molar-refractivity contribution in [2.24, 2.45) is 5.10 Å². The third-order valence-corrected chi connectivity index (χ3v) is 3.27. The summed E-state index contributed by atoms with van der Waals surface area (Å²) in [7, 11) is 0. The number of carbonyl (C=O) groups is 2. The third-order valence-electron chi connectivity index (χ3n) is 2.25. The van der Waals surface area contributed by atoms with Crippen LogP contribution in [-0.4, -0.2) is 29.1 Å². The van der Waals surface area contributed by atoms with E-state index in [0.717, 1.165) is 0 Å². The summed E-state index contributed by atoms with van der Waals surface area (Å²) >= 11 is 17.5. The zero-order valence-electron chi connectivity index (χ0n) is 8.65. The Bertz CT molecular complexity index is 586. The fourth-order valence-electron chi connectivity index (χ4n) is 1.43. The highest BCUT2D eigenvalue weighted by Crippen LogP contribution is 2.35. The quantitative estimate of drug-likeness (QED) is 0.852. The topological polar surface area (TPSA) is 70.0 Å². The van der Waals surface area contributed by atoms with Crippen molar-refractivity contribution >= 4 is 58.0 Å². The Morgan fingerprint density at radius 2 is 1.83 bits per heavy atom. The van der Waals surface area contributed by atoms with Gasteiger partial charge in [-0.2, -0.15) is 5.10 Å². The number of ketones is 1. The molecule has 0 amide bonds. The molecule has 0 atom stereocenters. The summed E-state index contributed by atoms with van der Waals surface area (Å²) < 4.78 is 0. The van der Waals surface area contributed by atoms with Gasteiger partial charge in [-0.05, 0) is 12.1 Å². The number of carboxylic acid groups (broad SMARTS) is 1. The first kappa shape index (κ1) is 13.1. The van der Waals surface area contributed by atoms with E-state index >= 15 is 0 Å². The SMILES string of the molecule is O=C(O)C1=NN(c2cc(Cl)c(Cl)cc2Cl)CC1=O. The number of benzene rings is 1. The van der Waals surface area contributed by atoms with E-state index in [4.69, 9.17) is 39.9 Å². The van der Waals surface area contributed by atoms with Gasteiger partial charge in [-0.25, -0.2) is 4.79 Å². The fourth-order valence-corrected chi connectivity index (χ4v) is 2.07. The Morgan fingerprint density at radius 3 is 2.39 bits per heavy atom. The van der Waals surface area contributed by atoms with Crippen molar-refractivity contribution < 1.29 is 14.7 Å². The highest BCUT2D eigenvalue weighted by molar-refractivity contribution is 6.65. The van der Waals surface area contributed by atoms with Crippen LogP contribution in [0, 0.1) is 0 Å². The molecule has 18 heavy (non-hydrogen) atoms. The zero-order valence-corrected chi connectivity index (χ0v) is 10.9. The Labute approximate surface area is 117 Å². The average Bonchev–Trinajstić information content (AvgIpc) is 2.65. The van der Waals surface area contributed by atoms with E-state index in [2.05, 4.69) is 5.10 Å². The Morgan fingerprint density at radius 1 is 1.22 bits per heavy atom. The first-order valence-corrected chi connectivity index (χ1v) is 5.80. The summed E-state index contributed by atoms with van der Waals surface area (Å²) in [6.45, 7) is -0.195. The smallest absolute Gasteiger partial charge is 0.360 e. The first-order chi connectivity index (χ1) is 8.40. The van der Waals surface area contributed by atoms with E-state index < -0.39 is 17.5 Å². The number of nitrogens with zero attached hydrogens (tertiary/aromatic N) is 2. The van der Waals surface area contributed by atoms with Crippen LogP contribution in [0.15, 0.2) is 17.2 Å². The molecule has 0 saturated carbocycles. The standard InChI is InChI=1S/C10H5Cl3N2O3/c11-4-1-6(13)7(2-5(4)12)15-3-8(16)9(14-15)10(17)18/h1-2H,3H2,(H,17,18). The number of carboxylic acids is 1. The predicted octanol–water partition coefficient (Wildman–Crippen LogP) is 2.48. The van der Waals surface area contributed by atoms with Crippen LogP contribution in [0.4, 0.5) is 5.69 Å². The Hall–Kier alpha value is -1.30. The van der Waals surface area contributed by atoms with E-state index in [0.29, 0.717) is 5.69 Å². The third kappa shape index (κ3) is 2.29. The summed E-state index contributed by atoms with van der Waals surface area (Å²) in [5, 5.41) is 14.4. The molecule has 0 bridgehead atoms. The largest absolute Gasteiger partial charge is 0.476 e. The number of halogens is 3. The molecule has 1 aromatic carbocycles. The number of anilines is 1. The van der Waals surface area contributed by atoms with Crippen LogP contribution in [-0.2, 0) is 9.59 Å². The summed E-state index contributed by atoms with van der Waals surface area (Å²) in [6, 6.07) is 2.83. The van der Waals surface area contributed by atoms with E-state index in [9.17, 15) is 9.59 Å². The van der Waals surface area contributed by atoms with Crippen LogP contribution in [0.25, 0.3) is 0 Å². The van der Waals surface area contributed by atoms with E-state index in [1.54, 1.807) is 0 Å². The van der Waals surface area contributed by atoms with Gasteiger partial charge in [0.2, 0.25) is 11.5 Å². The normalized spacial score (nSPS) is 14.9. The van der Waals surface area contributed by atoms with Gasteiger partial charge >= 0.3 is 5.97 Å². The maximum Gasteiger partial charge on any atom is 0.360 e. The number of rotatable bonds is 2. The second-order valence-corrected chi connectivity index (χ2v) is 4.67. The molecule has 0 aromatic heterocycles. The molecule has 0 fully saturated rings. The van der Waals surface area contributed by atoms with Gasteiger partial charge in [0, 0.05) is 0 Å². The van der Waals surface area contributed by atoms with Crippen molar-refractivity contribution in [3.63, 3.8) is 0 Å². The molecule has 1 heterocycles. The maximum absolute atomic E-state index is 11.4. The van der Waals surface area contributed by atoms with Gasteiger partial charge in [-0.15, -0.1) is 0 Å². The van der Waals surface area contributed by atoms with E-state index in [1.807, 2.05) is 0 Å². The fraction of sp³-hybridized carbons (Fsp3) is 0.100. The molecule has 2 rings (SSSR count). The summed E-state index contributed by atoms with van der Waals surface area (Å²) in [4.78, 5) is 22.1. The van der Waals surface area contributed by atoms with Gasteiger partial charge in [0.25, 0.3) is 0 Å². The Kier molecular flexibility index (Phi) is 3.47. The van der Waals surface area contributed by atoms with Crippen molar-refractivity contribution in [3.05, 3.63) is 27.2 Å². The second kappa shape index (κ2) is 4.76. The molecule has 0 spiro atoms. The molecule has 0 saturated heterocycles. The van der Waals surface area contributed by atoms with Crippen LogP contribution < -0.4 is 5.01 Å². The minimum atomic E-state index is -1.38. The Balaban J connectivity index is 2.43. The van der Waals surface area contributed by atoms with Crippen LogP contribution in [0.5, 0.6) is 0 Å². The highest BCUT2D eigenvalue weighted by Gasteiger charge is 2.31. The summed E-state index contributed by atoms with van der Waals surface area (Å²) in [5.74, 6) is -1.97. The van der Waals surface area contributed by atoms with Crippen molar-refractivity contribution in [3.8, 4) is 0 Å². The highest BCUT2D eigenvalue weighted by atomic mass is 35.5. The molecule has 94 valence electrons. The van der Waals surface area contributed by atoms with Gasteiger partial charge in [0.15, 0.2) is 0 Å². The predicted molar refractivity (Wildman–Crippen MR) is 68.9 cm³/mol. The molecule has 1 aromatic rings. The number of carbonyl (C=O) groups excluding carboxylic acids is 1. The number of hydrogen-bond acceptors (Lipinski definition) is 4. The van der Waals surface area contributed by atoms with Gasteiger partial charge in [0.1, 0.15) is 6.54 Å². The lowest BCUT2D eigenvalue weighted by Crippen LogP contribution is -2.23. The monoisotopic (exact) mass is 306 g/mol. The number of hydrogen-bond donors (Lipinski definition) is 1. The molecule has 8 heteroatoms. The number of Topliss-reactive ketones (excluding diaryl/α,β-unsaturated/α-hetero) is 1. The summed E-state index contributed by atoms with van der Waals surface area (Å²) in [6.07, 6.45) is 0. The van der Waals surface area contributed by atoms with Crippen LogP contribution in [0.2, 0.25) is 15.1 Å². The van der Waals surface area contributed by atoms with Crippen molar-refractivity contribution in [1.82, 2.24) is 0 Å². The van der Waals surface area contributed by atoms with Crippen LogP contribution in [0.1, 0.15) is 0 Å². The van der Waals surface area contributed by atoms with Gasteiger partial charge < -0.3 is 5.11 Å². The lowest BCUT2D eigenvalue weighted by atomic mass is 10.2. The molecule has 0 radical (unpaired) electrons. The van der Waals surface area contributed by atoms with Gasteiger partial charge in [-0.3, -0.25) is 9.80 Å². The van der Waals surface area contributed by atoms with E-state index in [1.165, 1.54) is 17.1 Å². The lowest BCUT2D eigenvalue weighted by molar-refractivity contribution is -0.130. The molecular formula is C10H5Cl3N2O3. The van der Waals surface area contributed by atoms with Crippen LogP contribution >= 0.6 is 34.8 Å². The molecular weight excluding hydrogens is 302 g/mol. The number of aliphatic carboxylic acids is 1. The van der Waals surface area contributed by atoms with Crippen LogP contribution in [0.3, 0.4) is 0 Å². The zero-order chi connectivity index (χ0) is 13.4. The van der Waals surface area contributed by atoms with Crippen molar-refractivity contribution in [2.75, 3.05) is 11.6 Å². The molecule has 0 unspecified atom stereocenters. The van der Waals surface area contributed by atoms with Crippen molar-refractivity contribution in [2.45, 2.75) is 0 Å². The van der Waals surface area contributed by atoms with E-state index in [-0.39, 0.29) is 21.6 Å². The molecule has 0 aliphatic carbocycles. The average molecular weight is 308 g/mol. The van der Waals surface area contributed by atoms with Gasteiger partial charge in [-0.1, -0.05) is 34.8 Å². The molecule has 1 N–H and O–H groups in total. The van der Waals surface area contributed by atoms with Crippen molar-refractivity contribution in [1.29, 1.82) is 0 Å². The maximum atomic E-state index is 11.4. The number of hydrazone groups is 1. The molecule has 5 nitrogen and oxygen atoms in total. The lowest BCUT2D eigenvalue weighted by Gasteiger charge is -2.15. The second-order valence-electron chi connectivity index (χ2n) is 3.45. The molecule has 1 aliphatic heterocycles. The summed E-state index contributed by atoms with van der Waals surface area (Å²) in [5.41, 5.74) is -0.201. The molecule has 1 aliphatic rings. The first-order valence-electron chi connectivity index (χ1n) is 4.67.